The number of pyridine rings is 1. The summed E-state index contributed by atoms with van der Waals surface area (Å²) >= 11 is 5.94. The highest BCUT2D eigenvalue weighted by Crippen LogP contribution is 2.18. The SMILES string of the molecule is CCNCC1CCN(Cc2cc(=O)n3cc(Cl)ccc3n2)CC1. The van der Waals surface area contributed by atoms with Crippen molar-refractivity contribution in [1.82, 2.24) is 19.6 Å². The summed E-state index contributed by atoms with van der Waals surface area (Å²) in [5.74, 6) is 0.767. The molecule has 1 fully saturated rings. The second-order valence-corrected chi connectivity index (χ2v) is 6.62. The van der Waals surface area contributed by atoms with E-state index in [4.69, 9.17) is 11.6 Å². The normalized spacial score (nSPS) is 17.0. The molecular weight excluding hydrogens is 312 g/mol. The second kappa shape index (κ2) is 7.43. The van der Waals surface area contributed by atoms with E-state index < -0.39 is 0 Å². The lowest BCUT2D eigenvalue weighted by Gasteiger charge is -2.31. The van der Waals surface area contributed by atoms with Gasteiger partial charge in [0.1, 0.15) is 5.65 Å². The van der Waals surface area contributed by atoms with E-state index in [9.17, 15) is 4.79 Å². The van der Waals surface area contributed by atoms with Crippen LogP contribution in [0.15, 0.2) is 29.2 Å². The van der Waals surface area contributed by atoms with Crippen LogP contribution in [-0.2, 0) is 6.54 Å². The lowest BCUT2D eigenvalue weighted by atomic mass is 9.96. The predicted molar refractivity (Wildman–Crippen MR) is 93.0 cm³/mol. The van der Waals surface area contributed by atoms with Gasteiger partial charge in [0.2, 0.25) is 0 Å². The minimum Gasteiger partial charge on any atom is -0.317 e. The molecule has 6 heteroatoms. The van der Waals surface area contributed by atoms with Gasteiger partial charge in [0.15, 0.2) is 0 Å². The highest BCUT2D eigenvalue weighted by Gasteiger charge is 2.19. The minimum atomic E-state index is -0.0745. The largest absolute Gasteiger partial charge is 0.317 e. The van der Waals surface area contributed by atoms with Crippen LogP contribution in [0.2, 0.25) is 5.02 Å². The fraction of sp³-hybridized carbons (Fsp3) is 0.529. The summed E-state index contributed by atoms with van der Waals surface area (Å²) in [4.78, 5) is 19.2. The van der Waals surface area contributed by atoms with Gasteiger partial charge >= 0.3 is 0 Å². The first-order valence-electron chi connectivity index (χ1n) is 8.26. The van der Waals surface area contributed by atoms with Gasteiger partial charge in [-0.05, 0) is 57.1 Å². The van der Waals surface area contributed by atoms with Crippen LogP contribution < -0.4 is 10.9 Å². The highest BCUT2D eigenvalue weighted by molar-refractivity contribution is 6.30. The Balaban J connectivity index is 1.66. The van der Waals surface area contributed by atoms with Crippen molar-refractivity contribution < 1.29 is 0 Å². The van der Waals surface area contributed by atoms with E-state index in [-0.39, 0.29) is 5.56 Å². The molecular formula is C17H23ClN4O. The van der Waals surface area contributed by atoms with Gasteiger partial charge in [-0.15, -0.1) is 0 Å². The van der Waals surface area contributed by atoms with Crippen LogP contribution in [0.4, 0.5) is 0 Å². The lowest BCUT2D eigenvalue weighted by Crippen LogP contribution is -2.37. The van der Waals surface area contributed by atoms with Gasteiger partial charge < -0.3 is 5.32 Å². The number of nitrogens with zero attached hydrogens (tertiary/aromatic N) is 3. The molecule has 5 nitrogen and oxygen atoms in total. The molecule has 2 aromatic rings. The van der Waals surface area contributed by atoms with Gasteiger partial charge in [0, 0.05) is 18.8 Å². The molecule has 23 heavy (non-hydrogen) atoms. The van der Waals surface area contributed by atoms with E-state index in [1.54, 1.807) is 24.4 Å². The van der Waals surface area contributed by atoms with Crippen molar-refractivity contribution in [1.29, 1.82) is 0 Å². The third-order valence-electron chi connectivity index (χ3n) is 4.45. The molecule has 0 aromatic carbocycles. The highest BCUT2D eigenvalue weighted by atomic mass is 35.5. The van der Waals surface area contributed by atoms with Crippen molar-refractivity contribution in [2.75, 3.05) is 26.2 Å². The number of aromatic nitrogens is 2. The molecule has 1 N–H and O–H groups in total. The topological polar surface area (TPSA) is 49.6 Å². The summed E-state index contributed by atoms with van der Waals surface area (Å²) < 4.78 is 1.49. The molecule has 0 aliphatic carbocycles. The summed E-state index contributed by atoms with van der Waals surface area (Å²) in [6.45, 7) is 7.17. The molecule has 0 unspecified atom stereocenters. The monoisotopic (exact) mass is 334 g/mol. The zero-order chi connectivity index (χ0) is 16.2. The van der Waals surface area contributed by atoms with Gasteiger partial charge in [-0.2, -0.15) is 0 Å². The molecule has 3 rings (SSSR count). The first-order chi connectivity index (χ1) is 11.2. The number of halogens is 1. The van der Waals surface area contributed by atoms with Gasteiger partial charge in [-0.1, -0.05) is 18.5 Å². The smallest absolute Gasteiger partial charge is 0.258 e. The number of fused-ring (bicyclic) bond motifs is 1. The number of rotatable bonds is 5. The van der Waals surface area contributed by atoms with Crippen molar-refractivity contribution >= 4 is 17.2 Å². The minimum absolute atomic E-state index is 0.0745. The molecule has 0 amide bonds. The van der Waals surface area contributed by atoms with Crippen LogP contribution in [-0.4, -0.2) is 40.5 Å². The fourth-order valence-corrected chi connectivity index (χ4v) is 3.29. The maximum Gasteiger partial charge on any atom is 0.258 e. The van der Waals surface area contributed by atoms with E-state index in [0.717, 1.165) is 44.3 Å². The molecule has 0 radical (unpaired) electrons. The predicted octanol–water partition coefficient (Wildman–Crippen LogP) is 2.17. The number of hydrogen-bond donors (Lipinski definition) is 1. The van der Waals surface area contributed by atoms with Crippen LogP contribution in [0.3, 0.4) is 0 Å². The maximum atomic E-state index is 12.2. The van der Waals surface area contributed by atoms with Crippen molar-refractivity contribution in [3.05, 3.63) is 45.5 Å². The fourth-order valence-electron chi connectivity index (χ4n) is 3.13. The number of nitrogens with one attached hydrogen (secondary N) is 1. The molecule has 0 bridgehead atoms. The Morgan fingerprint density at radius 1 is 1.35 bits per heavy atom. The zero-order valence-corrected chi connectivity index (χ0v) is 14.2. The summed E-state index contributed by atoms with van der Waals surface area (Å²) in [7, 11) is 0. The summed E-state index contributed by atoms with van der Waals surface area (Å²) in [5.41, 5.74) is 1.41. The Morgan fingerprint density at radius 3 is 2.87 bits per heavy atom. The number of piperidine rings is 1. The van der Waals surface area contributed by atoms with E-state index in [0.29, 0.717) is 10.7 Å². The molecule has 3 heterocycles. The standard InChI is InChI=1S/C17H23ClN4O/c1-2-19-10-13-5-7-21(8-6-13)12-15-9-17(23)22-11-14(18)3-4-16(22)20-15/h3-4,9,11,13,19H,2,5-8,10,12H2,1H3. The molecule has 0 atom stereocenters. The molecule has 2 aromatic heterocycles. The van der Waals surface area contributed by atoms with Crippen molar-refractivity contribution in [2.45, 2.75) is 26.3 Å². The lowest BCUT2D eigenvalue weighted by molar-refractivity contribution is 0.174. The summed E-state index contributed by atoms with van der Waals surface area (Å²) in [6, 6.07) is 5.17. The maximum absolute atomic E-state index is 12.2. The van der Waals surface area contributed by atoms with Crippen molar-refractivity contribution in [3.63, 3.8) is 0 Å². The molecule has 1 aliphatic rings. The first kappa shape index (κ1) is 16.4. The Kier molecular flexibility index (Phi) is 5.30. The summed E-state index contributed by atoms with van der Waals surface area (Å²) in [6.07, 6.45) is 4.02. The van der Waals surface area contributed by atoms with E-state index in [1.165, 1.54) is 17.2 Å². The quantitative estimate of drug-likeness (QED) is 0.910. The molecule has 124 valence electrons. The van der Waals surface area contributed by atoms with Crippen LogP contribution >= 0.6 is 11.6 Å². The number of likely N-dealkylation sites (tertiary alicyclic amines) is 1. The van der Waals surface area contributed by atoms with E-state index in [1.807, 2.05) is 0 Å². The zero-order valence-electron chi connectivity index (χ0n) is 13.5. The van der Waals surface area contributed by atoms with E-state index in [2.05, 4.69) is 22.1 Å². The first-order valence-corrected chi connectivity index (χ1v) is 8.64. The van der Waals surface area contributed by atoms with Crippen LogP contribution in [0.5, 0.6) is 0 Å². The Labute approximate surface area is 141 Å². The molecule has 0 spiro atoms. The average Bonchev–Trinajstić information content (AvgIpc) is 2.55. The third kappa shape index (κ3) is 4.10. The van der Waals surface area contributed by atoms with Crippen molar-refractivity contribution in [2.24, 2.45) is 5.92 Å². The Morgan fingerprint density at radius 2 is 2.13 bits per heavy atom. The molecule has 0 saturated carbocycles. The van der Waals surface area contributed by atoms with Gasteiger partial charge in [0.05, 0.1) is 10.7 Å². The van der Waals surface area contributed by atoms with Gasteiger partial charge in [-0.3, -0.25) is 14.1 Å². The Bertz CT molecular complexity index is 722. The van der Waals surface area contributed by atoms with E-state index >= 15 is 0 Å². The number of hydrogen-bond acceptors (Lipinski definition) is 4. The third-order valence-corrected chi connectivity index (χ3v) is 4.68. The van der Waals surface area contributed by atoms with Crippen LogP contribution in [0, 0.1) is 5.92 Å². The summed E-state index contributed by atoms with van der Waals surface area (Å²) in [5, 5.41) is 3.97. The van der Waals surface area contributed by atoms with Crippen LogP contribution in [0.1, 0.15) is 25.5 Å². The Hall–Kier alpha value is -1.43. The second-order valence-electron chi connectivity index (χ2n) is 6.19. The van der Waals surface area contributed by atoms with Gasteiger partial charge in [-0.25, -0.2) is 4.98 Å². The van der Waals surface area contributed by atoms with Gasteiger partial charge in [0.25, 0.3) is 5.56 Å². The molecule has 1 aliphatic heterocycles. The van der Waals surface area contributed by atoms with Crippen LogP contribution in [0.25, 0.3) is 5.65 Å². The van der Waals surface area contributed by atoms with Crippen molar-refractivity contribution in [3.8, 4) is 0 Å². The molecule has 1 saturated heterocycles. The average molecular weight is 335 g/mol.